The molecular weight excluding hydrogens is 521 g/mol. The first-order valence-corrected chi connectivity index (χ1v) is 11.6. The molecule has 2 rings (SSSR count). The van der Waals surface area contributed by atoms with Crippen LogP contribution in [0.1, 0.15) is 17.5 Å². The van der Waals surface area contributed by atoms with Crippen LogP contribution < -0.4 is 4.57 Å². The predicted molar refractivity (Wildman–Crippen MR) is 111 cm³/mol. The van der Waals surface area contributed by atoms with Gasteiger partial charge < -0.3 is 13.3 Å². The van der Waals surface area contributed by atoms with Gasteiger partial charge in [0.1, 0.15) is 6.54 Å². The summed E-state index contributed by atoms with van der Waals surface area (Å²) in [4.78, 5) is 0. The molecule has 1 heterocycles. The lowest BCUT2D eigenvalue weighted by atomic mass is 10.1. The summed E-state index contributed by atoms with van der Waals surface area (Å²) in [5.41, 5.74) is -0.133. The Hall–Kier alpha value is -1.34. The van der Waals surface area contributed by atoms with Gasteiger partial charge in [-0.25, -0.2) is 22.1 Å². The quantitative estimate of drug-likeness (QED) is 0.116. The van der Waals surface area contributed by atoms with Crippen LogP contribution in [0.5, 0.6) is 0 Å². The number of aromatic nitrogens is 1. The molecule has 0 aliphatic heterocycles. The Kier molecular flexibility index (Phi) is 8.76. The Morgan fingerprint density at radius 1 is 0.897 bits per heavy atom. The highest BCUT2D eigenvalue weighted by Crippen LogP contribution is 2.26. The van der Waals surface area contributed by atoms with Gasteiger partial charge in [0, 0.05) is 45.9 Å². The summed E-state index contributed by atoms with van der Waals surface area (Å²) in [5, 5.41) is 0. The van der Waals surface area contributed by atoms with Crippen LogP contribution in [-0.2, 0) is 19.8 Å². The summed E-state index contributed by atoms with van der Waals surface area (Å²) in [5.74, 6) is -5.65. The number of hydrogen-bond donors (Lipinski definition) is 0. The second-order valence-corrected chi connectivity index (χ2v) is 10.3. The number of pyridine rings is 1. The average Bonchev–Trinajstić information content (AvgIpc) is 2.75. The summed E-state index contributed by atoms with van der Waals surface area (Å²) >= 11 is 1.23. The lowest BCUT2D eigenvalue weighted by molar-refractivity contribution is -0.697. The van der Waals surface area contributed by atoms with Gasteiger partial charge in [-0.05, 0) is 34.2 Å². The van der Waals surface area contributed by atoms with Crippen LogP contribution in [0.25, 0.3) is 12.2 Å². The highest BCUT2D eigenvalue weighted by Gasteiger charge is 2.37. The molecule has 0 spiro atoms. The zero-order valence-electron chi connectivity index (χ0n) is 16.1. The molecule has 0 radical (unpaired) electrons. The normalized spacial score (nSPS) is 12.1. The van der Waals surface area contributed by atoms with E-state index >= 15 is 0 Å². The van der Waals surface area contributed by atoms with Crippen LogP contribution in [0.3, 0.4) is 0 Å². The third kappa shape index (κ3) is 5.63. The van der Waals surface area contributed by atoms with E-state index in [1.807, 2.05) is 4.57 Å². The van der Waals surface area contributed by atoms with E-state index in [0.29, 0.717) is 18.2 Å². The summed E-state index contributed by atoms with van der Waals surface area (Å²) in [7, 11) is 2.07. The van der Waals surface area contributed by atoms with E-state index < -0.39 is 41.2 Å². The van der Waals surface area contributed by atoms with Crippen molar-refractivity contribution in [2.45, 2.75) is 19.0 Å². The Bertz CT molecular complexity index is 839. The lowest BCUT2D eigenvalue weighted by Gasteiger charge is -2.23. The monoisotopic (exact) mass is 542 g/mol. The smallest absolute Gasteiger partial charge is 0.377 e. The van der Waals surface area contributed by atoms with E-state index in [0.717, 1.165) is 12.5 Å². The number of benzene rings is 1. The van der Waals surface area contributed by atoms with Crippen LogP contribution in [0.4, 0.5) is 17.6 Å². The standard InChI is InChI=1S/C19H21F4INO3Si/c1-26-29(27-2,28-3)12-4-9-25-10-7-13(8-11-25)5-6-14-15(20)17(22)19(24)18(23)16(14)21/h5-8,10-11H,4,9,12H2,1-3H3/q+1/b6-5+. The van der Waals surface area contributed by atoms with E-state index in [-0.39, 0.29) is 0 Å². The number of halogens is 5. The van der Waals surface area contributed by atoms with Crippen LogP contribution in [0, 0.1) is 26.8 Å². The van der Waals surface area contributed by atoms with Gasteiger partial charge in [0.15, 0.2) is 35.7 Å². The van der Waals surface area contributed by atoms with Crippen LogP contribution in [0.2, 0.25) is 6.04 Å². The summed E-state index contributed by atoms with van der Waals surface area (Å²) < 4.78 is 72.5. The third-order valence-electron chi connectivity index (χ3n) is 4.44. The van der Waals surface area contributed by atoms with Gasteiger partial charge in [-0.2, -0.15) is 0 Å². The Morgan fingerprint density at radius 2 is 1.41 bits per heavy atom. The minimum absolute atomic E-state index is 0.619. The van der Waals surface area contributed by atoms with Crippen molar-refractivity contribution < 1.29 is 35.4 Å². The SMILES string of the molecule is CO[Si](CCC[n+]1ccc(/C=C/c2c(F)c(F)c(I)c(F)c2F)cc1)(OC)OC. The molecule has 0 aliphatic rings. The Balaban J connectivity index is 2.07. The molecular formula is C19H21F4INO3Si+. The minimum Gasteiger partial charge on any atom is -0.377 e. The molecule has 0 N–H and O–H groups in total. The molecule has 0 aliphatic carbocycles. The predicted octanol–water partition coefficient (Wildman–Crippen LogP) is 4.57. The lowest BCUT2D eigenvalue weighted by Crippen LogP contribution is -2.44. The molecule has 0 saturated carbocycles. The molecule has 0 amide bonds. The van der Waals surface area contributed by atoms with Crippen molar-refractivity contribution >= 4 is 43.5 Å². The molecule has 10 heteroatoms. The largest absolute Gasteiger partial charge is 0.500 e. The van der Waals surface area contributed by atoms with Gasteiger partial charge in [0.05, 0.1) is 9.13 Å². The molecule has 2 aromatic rings. The molecule has 0 bridgehead atoms. The van der Waals surface area contributed by atoms with Gasteiger partial charge in [-0.1, -0.05) is 6.08 Å². The highest BCUT2D eigenvalue weighted by atomic mass is 127. The maximum absolute atomic E-state index is 13.9. The zero-order valence-corrected chi connectivity index (χ0v) is 19.3. The summed E-state index contributed by atoms with van der Waals surface area (Å²) in [6.45, 7) is 0.686. The van der Waals surface area contributed by atoms with Crippen molar-refractivity contribution in [3.05, 3.63) is 62.5 Å². The van der Waals surface area contributed by atoms with Gasteiger partial charge >= 0.3 is 8.80 Å². The fraction of sp³-hybridized carbons (Fsp3) is 0.316. The van der Waals surface area contributed by atoms with Gasteiger partial charge in [-0.3, -0.25) is 0 Å². The van der Waals surface area contributed by atoms with Crippen molar-refractivity contribution in [2.75, 3.05) is 21.3 Å². The molecule has 1 aromatic heterocycles. The summed E-state index contributed by atoms with van der Waals surface area (Å²) in [6.07, 6.45) is 6.74. The molecule has 0 unspecified atom stereocenters. The summed E-state index contributed by atoms with van der Waals surface area (Å²) in [6, 6.07) is 4.09. The first kappa shape index (κ1) is 23.9. The number of aryl methyl sites for hydroxylation is 1. The maximum atomic E-state index is 13.9. The number of hydrogen-bond acceptors (Lipinski definition) is 3. The van der Waals surface area contributed by atoms with Crippen LogP contribution in [0.15, 0.2) is 24.5 Å². The molecule has 4 nitrogen and oxygen atoms in total. The molecule has 1 aromatic carbocycles. The van der Waals surface area contributed by atoms with Crippen molar-refractivity contribution in [1.29, 1.82) is 0 Å². The maximum Gasteiger partial charge on any atom is 0.500 e. The van der Waals surface area contributed by atoms with Crippen LogP contribution in [-0.4, -0.2) is 30.1 Å². The van der Waals surface area contributed by atoms with E-state index in [9.17, 15) is 17.6 Å². The highest BCUT2D eigenvalue weighted by molar-refractivity contribution is 14.1. The average molecular weight is 542 g/mol. The van der Waals surface area contributed by atoms with Gasteiger partial charge in [0.2, 0.25) is 0 Å². The Morgan fingerprint density at radius 3 is 1.90 bits per heavy atom. The second kappa shape index (κ2) is 10.6. The fourth-order valence-electron chi connectivity index (χ4n) is 2.71. The van der Waals surface area contributed by atoms with Crippen LogP contribution >= 0.6 is 22.6 Å². The van der Waals surface area contributed by atoms with Gasteiger partial charge in [-0.15, -0.1) is 0 Å². The van der Waals surface area contributed by atoms with E-state index in [1.54, 1.807) is 45.9 Å². The van der Waals surface area contributed by atoms with E-state index in [1.165, 1.54) is 28.7 Å². The molecule has 0 fully saturated rings. The molecule has 0 atom stereocenters. The third-order valence-corrected chi connectivity index (χ3v) is 8.21. The molecule has 0 saturated heterocycles. The topological polar surface area (TPSA) is 31.6 Å². The first-order chi connectivity index (χ1) is 13.8. The van der Waals surface area contributed by atoms with Crippen molar-refractivity contribution in [2.24, 2.45) is 0 Å². The second-order valence-electron chi connectivity index (χ2n) is 6.09. The number of nitrogens with zero attached hydrogens (tertiary/aromatic N) is 1. The van der Waals surface area contributed by atoms with Crippen molar-refractivity contribution in [3.63, 3.8) is 0 Å². The van der Waals surface area contributed by atoms with E-state index in [4.69, 9.17) is 13.3 Å². The van der Waals surface area contributed by atoms with Crippen molar-refractivity contribution in [1.82, 2.24) is 0 Å². The van der Waals surface area contributed by atoms with Crippen molar-refractivity contribution in [3.8, 4) is 0 Å². The molecule has 29 heavy (non-hydrogen) atoms. The van der Waals surface area contributed by atoms with Gasteiger partial charge in [0.25, 0.3) is 0 Å². The fourth-order valence-corrected chi connectivity index (χ4v) is 4.89. The minimum atomic E-state index is -2.61. The number of rotatable bonds is 9. The first-order valence-electron chi connectivity index (χ1n) is 8.62. The van der Waals surface area contributed by atoms with E-state index in [2.05, 4.69) is 0 Å². The zero-order chi connectivity index (χ0) is 21.6. The Labute approximate surface area is 181 Å². The molecule has 158 valence electrons.